The first-order valence-electron chi connectivity index (χ1n) is 9.22. The normalized spacial score (nSPS) is 10.8. The van der Waals surface area contributed by atoms with Gasteiger partial charge in [-0.2, -0.15) is 23.4 Å². The Morgan fingerprint density at radius 3 is 2.52 bits per heavy atom. The summed E-state index contributed by atoms with van der Waals surface area (Å²) in [6.07, 6.45) is -3.60. The molecule has 0 atom stereocenters. The topological polar surface area (TPSA) is 132 Å². The molecular weight excluding hydrogens is 511 g/mol. The molecule has 0 aliphatic carbocycles. The lowest BCUT2D eigenvalue weighted by Crippen LogP contribution is -2.45. The van der Waals surface area contributed by atoms with E-state index < -0.39 is 18.1 Å². The molecule has 0 bridgehead atoms. The summed E-state index contributed by atoms with van der Waals surface area (Å²) in [5.41, 5.74) is 3.45. The van der Waals surface area contributed by atoms with Gasteiger partial charge in [0.15, 0.2) is 11.6 Å². The summed E-state index contributed by atoms with van der Waals surface area (Å²) in [5.74, 6) is -2.29. The summed E-state index contributed by atoms with van der Waals surface area (Å²) in [5, 5.41) is 18.6. The van der Waals surface area contributed by atoms with Crippen molar-refractivity contribution in [2.75, 3.05) is 11.6 Å². The number of aromatic nitrogens is 2. The van der Waals surface area contributed by atoms with Gasteiger partial charge in [0, 0.05) is 18.1 Å². The van der Waals surface area contributed by atoms with E-state index in [2.05, 4.69) is 31.3 Å². The number of nitriles is 1. The smallest absolute Gasteiger partial charge is 0.475 e. The summed E-state index contributed by atoms with van der Waals surface area (Å²) in [6, 6.07) is 11.0. The van der Waals surface area contributed by atoms with Crippen molar-refractivity contribution in [3.8, 4) is 6.07 Å². The molecule has 33 heavy (non-hydrogen) atoms. The first kappa shape index (κ1) is 25.6. The number of hydrazine groups is 1. The molecule has 9 nitrogen and oxygen atoms in total. The van der Waals surface area contributed by atoms with Crippen LogP contribution in [0, 0.1) is 17.2 Å². The monoisotopic (exact) mass is 527 g/mol. The number of hydrogen-bond donors (Lipinski definition) is 2. The number of carboxylic acids is 1. The van der Waals surface area contributed by atoms with E-state index in [1.807, 2.05) is 38.1 Å². The van der Waals surface area contributed by atoms with Crippen LogP contribution in [-0.4, -0.2) is 39.7 Å². The molecule has 0 spiro atoms. The number of furan rings is 1. The fourth-order valence-corrected chi connectivity index (χ4v) is 2.83. The summed E-state index contributed by atoms with van der Waals surface area (Å²) in [7, 11) is 0. The minimum Gasteiger partial charge on any atom is -0.475 e. The summed E-state index contributed by atoms with van der Waals surface area (Å²) < 4.78 is 37.9. The molecule has 0 aliphatic rings. The maximum absolute atomic E-state index is 12.7. The molecule has 1 aromatic carbocycles. The van der Waals surface area contributed by atoms with Crippen LogP contribution in [0.25, 0.3) is 11.0 Å². The number of amides is 1. The van der Waals surface area contributed by atoms with E-state index in [-0.39, 0.29) is 17.5 Å². The average molecular weight is 528 g/mol. The van der Waals surface area contributed by atoms with Crippen LogP contribution in [0.2, 0.25) is 0 Å². The molecule has 3 aromatic rings. The van der Waals surface area contributed by atoms with Crippen LogP contribution < -0.4 is 10.4 Å². The van der Waals surface area contributed by atoms with Crippen molar-refractivity contribution in [2.24, 2.45) is 5.92 Å². The van der Waals surface area contributed by atoms with Gasteiger partial charge in [-0.1, -0.05) is 32.0 Å². The zero-order valence-corrected chi connectivity index (χ0v) is 18.8. The molecule has 0 radical (unpaired) electrons. The highest BCUT2D eigenvalue weighted by Gasteiger charge is 2.38. The second-order valence-electron chi connectivity index (χ2n) is 6.87. The van der Waals surface area contributed by atoms with Crippen LogP contribution in [0.15, 0.2) is 45.4 Å². The Morgan fingerprint density at radius 2 is 1.97 bits per heavy atom. The SMILES string of the molecule is CC(C)CN(NC(=O)c1cc2ccccc2o1)c1nc(C#N)ncc1Br.O=C(O)C(F)(F)F. The second-order valence-corrected chi connectivity index (χ2v) is 7.73. The fourth-order valence-electron chi connectivity index (χ4n) is 2.42. The van der Waals surface area contributed by atoms with Crippen molar-refractivity contribution in [2.45, 2.75) is 20.0 Å². The Hall–Kier alpha value is -3.66. The van der Waals surface area contributed by atoms with E-state index >= 15 is 0 Å². The van der Waals surface area contributed by atoms with Gasteiger partial charge in [-0.05, 0) is 34.0 Å². The number of carbonyl (C=O) groups excluding carboxylic acids is 1. The molecule has 0 aliphatic heterocycles. The summed E-state index contributed by atoms with van der Waals surface area (Å²) in [6.45, 7) is 4.52. The van der Waals surface area contributed by atoms with E-state index in [1.54, 1.807) is 17.1 Å². The van der Waals surface area contributed by atoms with Gasteiger partial charge in [-0.3, -0.25) is 15.2 Å². The van der Waals surface area contributed by atoms with Gasteiger partial charge in [0.05, 0.1) is 4.47 Å². The van der Waals surface area contributed by atoms with E-state index in [1.165, 1.54) is 6.20 Å². The van der Waals surface area contributed by atoms with Crippen molar-refractivity contribution in [1.29, 1.82) is 5.26 Å². The molecule has 0 saturated heterocycles. The molecule has 2 N–H and O–H groups in total. The Morgan fingerprint density at radius 1 is 1.33 bits per heavy atom. The maximum Gasteiger partial charge on any atom is 0.490 e. The van der Waals surface area contributed by atoms with E-state index in [0.717, 1.165) is 5.39 Å². The molecule has 0 unspecified atom stereocenters. The van der Waals surface area contributed by atoms with E-state index in [4.69, 9.17) is 19.6 Å². The fraction of sp³-hybridized carbons (Fsp3) is 0.250. The third kappa shape index (κ3) is 7.18. The largest absolute Gasteiger partial charge is 0.490 e. The Kier molecular flexibility index (Phi) is 8.36. The third-order valence-corrected chi connectivity index (χ3v) is 4.32. The predicted molar refractivity (Wildman–Crippen MR) is 114 cm³/mol. The minimum atomic E-state index is -5.08. The highest BCUT2D eigenvalue weighted by molar-refractivity contribution is 9.10. The number of nitrogens with zero attached hydrogens (tertiary/aromatic N) is 4. The summed E-state index contributed by atoms with van der Waals surface area (Å²) >= 11 is 3.37. The Bertz CT molecular complexity index is 1160. The number of fused-ring (bicyclic) bond motifs is 1. The van der Waals surface area contributed by atoms with E-state index in [9.17, 15) is 18.0 Å². The highest BCUT2D eigenvalue weighted by Crippen LogP contribution is 2.24. The van der Waals surface area contributed by atoms with Crippen LogP contribution in [0.4, 0.5) is 19.0 Å². The number of benzene rings is 1. The van der Waals surface area contributed by atoms with Crippen molar-refractivity contribution < 1.29 is 32.3 Å². The molecule has 13 heteroatoms. The zero-order chi connectivity index (χ0) is 24.8. The number of carboxylic acid groups (broad SMARTS) is 1. The van der Waals surface area contributed by atoms with E-state index in [0.29, 0.717) is 22.4 Å². The van der Waals surface area contributed by atoms with Crippen LogP contribution in [0.1, 0.15) is 30.2 Å². The number of nitrogens with one attached hydrogen (secondary N) is 1. The predicted octanol–water partition coefficient (Wildman–Crippen LogP) is 4.30. The van der Waals surface area contributed by atoms with Gasteiger partial charge >= 0.3 is 18.1 Å². The van der Waals surface area contributed by atoms with Gasteiger partial charge in [-0.25, -0.2) is 9.78 Å². The number of halogens is 4. The lowest BCUT2D eigenvalue weighted by atomic mass is 10.2. The first-order chi connectivity index (χ1) is 15.4. The highest BCUT2D eigenvalue weighted by atomic mass is 79.9. The average Bonchev–Trinajstić information content (AvgIpc) is 3.17. The van der Waals surface area contributed by atoms with Crippen molar-refractivity contribution >= 4 is 44.6 Å². The quantitative estimate of drug-likeness (QED) is 0.469. The van der Waals surface area contributed by atoms with Gasteiger partial charge < -0.3 is 9.52 Å². The number of aliphatic carboxylic acids is 1. The standard InChI is InChI=1S/C18H16BrN5O2.C2HF3O2/c1-11(2)10-24(17-13(19)9-21-16(8-20)22-17)23-18(25)15-7-12-5-3-4-6-14(12)26-15;3-2(4,5)1(6)7/h3-7,9,11H,10H2,1-2H3,(H,23,25);(H,6,7). The van der Waals surface area contributed by atoms with Crippen molar-refractivity contribution in [3.05, 3.63) is 52.6 Å². The molecule has 174 valence electrons. The number of anilines is 1. The molecule has 1 amide bonds. The number of para-hydroxylation sites is 1. The lowest BCUT2D eigenvalue weighted by Gasteiger charge is -2.26. The lowest BCUT2D eigenvalue weighted by molar-refractivity contribution is -0.192. The van der Waals surface area contributed by atoms with Crippen LogP contribution in [-0.2, 0) is 4.79 Å². The van der Waals surface area contributed by atoms with Gasteiger partial charge in [-0.15, -0.1) is 0 Å². The number of alkyl halides is 3. The number of hydrogen-bond acceptors (Lipinski definition) is 7. The molecule has 0 fully saturated rings. The van der Waals surface area contributed by atoms with Crippen molar-refractivity contribution in [3.63, 3.8) is 0 Å². The molecule has 0 saturated carbocycles. The number of carbonyl (C=O) groups is 2. The third-order valence-electron chi connectivity index (χ3n) is 3.76. The van der Waals surface area contributed by atoms with Gasteiger partial charge in [0.25, 0.3) is 0 Å². The van der Waals surface area contributed by atoms with Crippen molar-refractivity contribution in [1.82, 2.24) is 15.4 Å². The Labute approximate surface area is 193 Å². The molecular formula is C20H17BrF3N5O4. The second kappa shape index (κ2) is 10.8. The molecule has 2 heterocycles. The van der Waals surface area contributed by atoms with Crippen LogP contribution in [0.3, 0.4) is 0 Å². The first-order valence-corrected chi connectivity index (χ1v) is 10.0. The van der Waals surface area contributed by atoms with Crippen LogP contribution >= 0.6 is 15.9 Å². The zero-order valence-electron chi connectivity index (χ0n) is 17.2. The summed E-state index contributed by atoms with van der Waals surface area (Å²) in [4.78, 5) is 29.7. The van der Waals surface area contributed by atoms with Crippen LogP contribution in [0.5, 0.6) is 0 Å². The van der Waals surface area contributed by atoms with Gasteiger partial charge in [0.2, 0.25) is 5.82 Å². The minimum absolute atomic E-state index is 0.0231. The molecule has 3 rings (SSSR count). The maximum atomic E-state index is 12.7. The molecule has 2 aromatic heterocycles. The van der Waals surface area contributed by atoms with Gasteiger partial charge in [0.1, 0.15) is 11.7 Å². The Balaban J connectivity index is 0.000000479. The number of rotatable bonds is 5.